The number of carbonyl (C=O) groups is 1. The second-order valence-electron chi connectivity index (χ2n) is 9.10. The molecule has 29 heavy (non-hydrogen) atoms. The first-order valence-corrected chi connectivity index (χ1v) is 12.3. The number of ether oxygens (including phenoxy) is 2. The Morgan fingerprint density at radius 3 is 1.90 bits per heavy atom. The molecule has 0 aromatic heterocycles. The van der Waals surface area contributed by atoms with Gasteiger partial charge in [0, 0.05) is 26.1 Å². The SMILES string of the molecule is CCCCCCCCCCCCCCOCC[CH]C[N+](C)(C)CCCC(=O)OC. The van der Waals surface area contributed by atoms with Crippen molar-refractivity contribution in [3.8, 4) is 0 Å². The number of esters is 1. The van der Waals surface area contributed by atoms with Crippen LogP contribution in [0.4, 0.5) is 0 Å². The van der Waals surface area contributed by atoms with Crippen molar-refractivity contribution in [2.45, 2.75) is 103 Å². The van der Waals surface area contributed by atoms with E-state index >= 15 is 0 Å². The summed E-state index contributed by atoms with van der Waals surface area (Å²) in [5.41, 5.74) is 0. The highest BCUT2D eigenvalue weighted by Gasteiger charge is 2.15. The minimum Gasteiger partial charge on any atom is -0.469 e. The van der Waals surface area contributed by atoms with E-state index in [9.17, 15) is 4.79 Å². The largest absolute Gasteiger partial charge is 0.469 e. The van der Waals surface area contributed by atoms with Gasteiger partial charge in [-0.25, -0.2) is 0 Å². The van der Waals surface area contributed by atoms with Crippen LogP contribution >= 0.6 is 0 Å². The lowest BCUT2D eigenvalue weighted by atomic mass is 10.1. The predicted molar refractivity (Wildman–Crippen MR) is 124 cm³/mol. The number of hydrogen-bond donors (Lipinski definition) is 0. The molecule has 0 unspecified atom stereocenters. The van der Waals surface area contributed by atoms with Crippen LogP contribution in [-0.4, -0.2) is 58.0 Å². The molecule has 0 aliphatic rings. The van der Waals surface area contributed by atoms with Crippen LogP contribution in [-0.2, 0) is 14.3 Å². The van der Waals surface area contributed by atoms with Crippen molar-refractivity contribution >= 4 is 5.97 Å². The molecule has 0 heterocycles. The van der Waals surface area contributed by atoms with Crippen LogP contribution in [0.2, 0.25) is 0 Å². The molecule has 0 atom stereocenters. The Morgan fingerprint density at radius 1 is 0.793 bits per heavy atom. The van der Waals surface area contributed by atoms with Crippen LogP contribution in [0.3, 0.4) is 0 Å². The first-order valence-electron chi connectivity index (χ1n) is 12.3. The van der Waals surface area contributed by atoms with E-state index in [-0.39, 0.29) is 5.97 Å². The quantitative estimate of drug-likeness (QED) is 0.118. The molecular weight excluding hydrogens is 362 g/mol. The second-order valence-corrected chi connectivity index (χ2v) is 9.10. The van der Waals surface area contributed by atoms with Crippen LogP contribution in [0, 0.1) is 6.42 Å². The van der Waals surface area contributed by atoms with Crippen molar-refractivity contribution in [1.82, 2.24) is 0 Å². The van der Waals surface area contributed by atoms with E-state index in [1.807, 2.05) is 0 Å². The minimum absolute atomic E-state index is 0.111. The zero-order valence-corrected chi connectivity index (χ0v) is 20.2. The van der Waals surface area contributed by atoms with E-state index in [4.69, 9.17) is 9.47 Å². The average Bonchev–Trinajstić information content (AvgIpc) is 2.70. The average molecular weight is 414 g/mol. The van der Waals surface area contributed by atoms with E-state index in [1.54, 1.807) is 0 Å². The van der Waals surface area contributed by atoms with Gasteiger partial charge in [-0.15, -0.1) is 0 Å². The van der Waals surface area contributed by atoms with Gasteiger partial charge in [-0.1, -0.05) is 77.6 Å². The van der Waals surface area contributed by atoms with Crippen LogP contribution in [0.25, 0.3) is 0 Å². The number of nitrogens with zero attached hydrogens (tertiary/aromatic N) is 1. The number of unbranched alkanes of at least 4 members (excludes halogenated alkanes) is 12. The van der Waals surface area contributed by atoms with Gasteiger partial charge in [0.1, 0.15) is 0 Å². The minimum atomic E-state index is -0.111. The smallest absolute Gasteiger partial charge is 0.305 e. The molecule has 4 nitrogen and oxygen atoms in total. The van der Waals surface area contributed by atoms with E-state index in [2.05, 4.69) is 27.4 Å². The Kier molecular flexibility index (Phi) is 20.2. The number of methoxy groups -OCH3 is 1. The highest BCUT2D eigenvalue weighted by atomic mass is 16.5. The monoisotopic (exact) mass is 413 g/mol. The van der Waals surface area contributed by atoms with Crippen molar-refractivity contribution in [3.63, 3.8) is 0 Å². The molecule has 0 saturated heterocycles. The molecular formula is C25H51NO3+. The summed E-state index contributed by atoms with van der Waals surface area (Å²) in [6.07, 6.45) is 21.3. The number of carbonyl (C=O) groups excluding carboxylic acids is 1. The zero-order valence-electron chi connectivity index (χ0n) is 20.2. The topological polar surface area (TPSA) is 35.5 Å². The van der Waals surface area contributed by atoms with Crippen LogP contribution in [0.15, 0.2) is 0 Å². The number of hydrogen-bond acceptors (Lipinski definition) is 3. The third-order valence-corrected chi connectivity index (χ3v) is 5.60. The van der Waals surface area contributed by atoms with E-state index in [0.717, 1.165) is 43.6 Å². The van der Waals surface area contributed by atoms with Crippen LogP contribution in [0.5, 0.6) is 0 Å². The van der Waals surface area contributed by atoms with Gasteiger partial charge >= 0.3 is 5.97 Å². The van der Waals surface area contributed by atoms with Crippen molar-refractivity contribution in [3.05, 3.63) is 6.42 Å². The van der Waals surface area contributed by atoms with E-state index < -0.39 is 0 Å². The molecule has 0 aliphatic carbocycles. The van der Waals surface area contributed by atoms with Crippen LogP contribution < -0.4 is 0 Å². The molecule has 0 aliphatic heterocycles. The molecule has 0 bridgehead atoms. The highest BCUT2D eigenvalue weighted by molar-refractivity contribution is 5.68. The van der Waals surface area contributed by atoms with E-state index in [0.29, 0.717) is 6.42 Å². The summed E-state index contributed by atoms with van der Waals surface area (Å²) in [5.74, 6) is -0.111. The fraction of sp³-hybridized carbons (Fsp3) is 0.920. The van der Waals surface area contributed by atoms with Crippen molar-refractivity contribution in [2.75, 3.05) is 47.5 Å². The molecule has 4 heteroatoms. The van der Waals surface area contributed by atoms with Gasteiger partial charge in [0.15, 0.2) is 0 Å². The Labute approximate surface area is 182 Å². The van der Waals surface area contributed by atoms with E-state index in [1.165, 1.54) is 84.2 Å². The summed E-state index contributed by atoms with van der Waals surface area (Å²) < 4.78 is 11.4. The van der Waals surface area contributed by atoms with Crippen molar-refractivity contribution in [1.29, 1.82) is 0 Å². The maximum absolute atomic E-state index is 11.2. The lowest BCUT2D eigenvalue weighted by Gasteiger charge is -2.29. The molecule has 0 saturated carbocycles. The van der Waals surface area contributed by atoms with Gasteiger partial charge in [-0.05, 0) is 12.8 Å². The van der Waals surface area contributed by atoms with Crippen molar-refractivity contribution in [2.24, 2.45) is 0 Å². The lowest BCUT2D eigenvalue weighted by Crippen LogP contribution is -2.41. The zero-order chi connectivity index (χ0) is 21.6. The summed E-state index contributed by atoms with van der Waals surface area (Å²) in [5, 5.41) is 0. The summed E-state index contributed by atoms with van der Waals surface area (Å²) in [4.78, 5) is 11.2. The van der Waals surface area contributed by atoms with Crippen molar-refractivity contribution < 1.29 is 18.8 Å². The third kappa shape index (κ3) is 21.9. The summed E-state index contributed by atoms with van der Waals surface area (Å²) >= 11 is 0. The number of quaternary nitrogens is 1. The first kappa shape index (κ1) is 28.4. The molecule has 1 radical (unpaired) electrons. The molecule has 0 rings (SSSR count). The normalized spacial score (nSPS) is 11.7. The van der Waals surface area contributed by atoms with Gasteiger partial charge in [-0.3, -0.25) is 4.79 Å². The fourth-order valence-corrected chi connectivity index (χ4v) is 3.60. The molecule has 0 spiro atoms. The highest BCUT2D eigenvalue weighted by Crippen LogP contribution is 2.12. The Morgan fingerprint density at radius 2 is 1.34 bits per heavy atom. The van der Waals surface area contributed by atoms with Gasteiger partial charge in [-0.2, -0.15) is 0 Å². The summed E-state index contributed by atoms with van der Waals surface area (Å²) in [6, 6.07) is 0. The lowest BCUT2D eigenvalue weighted by molar-refractivity contribution is -0.886. The molecule has 173 valence electrons. The maximum Gasteiger partial charge on any atom is 0.305 e. The number of rotatable bonds is 22. The Balaban J connectivity index is 3.26. The van der Waals surface area contributed by atoms with Gasteiger partial charge in [0.05, 0.1) is 40.7 Å². The molecule has 0 fully saturated rings. The van der Waals surface area contributed by atoms with Gasteiger partial charge < -0.3 is 14.0 Å². The maximum atomic E-state index is 11.2. The Bertz CT molecular complexity index is 358. The third-order valence-electron chi connectivity index (χ3n) is 5.60. The second kappa shape index (κ2) is 20.7. The molecule has 0 aromatic rings. The van der Waals surface area contributed by atoms with Gasteiger partial charge in [0.25, 0.3) is 0 Å². The summed E-state index contributed by atoms with van der Waals surface area (Å²) in [6.45, 7) is 6.03. The Hall–Kier alpha value is -0.610. The summed E-state index contributed by atoms with van der Waals surface area (Å²) in [7, 11) is 5.87. The molecule has 0 N–H and O–H groups in total. The predicted octanol–water partition coefficient (Wildman–Crippen LogP) is 6.33. The van der Waals surface area contributed by atoms with Crippen LogP contribution in [0.1, 0.15) is 103 Å². The first-order chi connectivity index (χ1) is 14.0. The molecule has 0 aromatic carbocycles. The standard InChI is InChI=1S/C25H51NO3/c1-5-6-7-8-9-10-11-12-13-14-15-17-23-29-24-18-16-21-26(2,3)22-19-20-25(27)28-4/h16H,5-15,17-24H2,1-4H3/q+1. The fourth-order valence-electron chi connectivity index (χ4n) is 3.60. The van der Waals surface area contributed by atoms with Gasteiger partial charge in [0.2, 0.25) is 0 Å². The molecule has 0 amide bonds.